The predicted molar refractivity (Wildman–Crippen MR) is 83.6 cm³/mol. The van der Waals surface area contributed by atoms with Crippen LogP contribution >= 0.6 is 0 Å². The molecule has 1 fully saturated rings. The number of aryl methyl sites for hydroxylation is 1. The lowest BCUT2D eigenvalue weighted by Gasteiger charge is -2.11. The molecule has 2 aromatic rings. The van der Waals surface area contributed by atoms with Crippen LogP contribution in [0.1, 0.15) is 38.3 Å². The number of aromatic nitrogens is 3. The summed E-state index contributed by atoms with van der Waals surface area (Å²) < 4.78 is 7.31. The molecule has 0 unspecified atom stereocenters. The fourth-order valence-corrected chi connectivity index (χ4v) is 2.89. The van der Waals surface area contributed by atoms with E-state index in [4.69, 9.17) is 4.74 Å². The summed E-state index contributed by atoms with van der Waals surface area (Å²) in [5.74, 6) is 1.81. The Morgan fingerprint density at radius 3 is 3.24 bits per heavy atom. The summed E-state index contributed by atoms with van der Waals surface area (Å²) in [6.45, 7) is 5.04. The van der Waals surface area contributed by atoms with Gasteiger partial charge in [0.1, 0.15) is 5.82 Å². The van der Waals surface area contributed by atoms with Gasteiger partial charge in [-0.1, -0.05) is 13.3 Å². The van der Waals surface area contributed by atoms with Crippen molar-refractivity contribution in [2.75, 3.05) is 25.1 Å². The van der Waals surface area contributed by atoms with Crippen molar-refractivity contribution < 1.29 is 4.74 Å². The maximum Gasteiger partial charge on any atom is 0.157 e. The van der Waals surface area contributed by atoms with Gasteiger partial charge < -0.3 is 10.1 Å². The Balaban J connectivity index is 1.60. The van der Waals surface area contributed by atoms with E-state index in [0.29, 0.717) is 0 Å². The molecule has 114 valence electrons. The quantitative estimate of drug-likeness (QED) is 0.796. The smallest absolute Gasteiger partial charge is 0.157 e. The molecule has 5 heteroatoms. The standard InChI is InChI=1S/C16H24N4O/c1-2-4-14-11-16(20-15(19-14)6-9-18-20)17-8-3-5-13-7-10-21-12-13/h6,9,11,13,17H,2-5,7-8,10,12H2,1H3/t13-/m0/s1. The molecule has 0 spiro atoms. The molecule has 2 aromatic heterocycles. The average molecular weight is 288 g/mol. The van der Waals surface area contributed by atoms with Crippen LogP contribution in [-0.2, 0) is 11.2 Å². The van der Waals surface area contributed by atoms with Gasteiger partial charge in [-0.25, -0.2) is 4.98 Å². The van der Waals surface area contributed by atoms with Gasteiger partial charge in [0.15, 0.2) is 5.65 Å². The fourth-order valence-electron chi connectivity index (χ4n) is 2.89. The second kappa shape index (κ2) is 6.89. The zero-order chi connectivity index (χ0) is 14.5. The molecule has 0 radical (unpaired) electrons. The van der Waals surface area contributed by atoms with Gasteiger partial charge in [0.25, 0.3) is 0 Å². The Bertz CT molecular complexity index is 575. The van der Waals surface area contributed by atoms with Gasteiger partial charge in [0.05, 0.1) is 6.20 Å². The number of fused-ring (bicyclic) bond motifs is 1. The summed E-state index contributed by atoms with van der Waals surface area (Å²) in [6, 6.07) is 4.09. The van der Waals surface area contributed by atoms with Crippen LogP contribution in [0, 0.1) is 5.92 Å². The minimum absolute atomic E-state index is 0.754. The summed E-state index contributed by atoms with van der Waals surface area (Å²) in [5.41, 5.74) is 2.06. The second-order valence-electron chi connectivity index (χ2n) is 5.78. The van der Waals surface area contributed by atoms with Crippen LogP contribution in [0.5, 0.6) is 0 Å². The Labute approximate surface area is 125 Å². The number of hydrogen-bond donors (Lipinski definition) is 1. The SMILES string of the molecule is CCCc1cc(NCCC[C@H]2CCOC2)n2nccc2n1. The van der Waals surface area contributed by atoms with Crippen LogP contribution in [0.15, 0.2) is 18.3 Å². The van der Waals surface area contributed by atoms with E-state index in [9.17, 15) is 0 Å². The number of ether oxygens (including phenoxy) is 1. The molecule has 1 atom stereocenters. The van der Waals surface area contributed by atoms with Gasteiger partial charge in [-0.15, -0.1) is 0 Å². The molecule has 3 rings (SSSR count). The summed E-state index contributed by atoms with van der Waals surface area (Å²) in [6.07, 6.45) is 7.55. The highest BCUT2D eigenvalue weighted by Crippen LogP contribution is 2.18. The van der Waals surface area contributed by atoms with Crippen LogP contribution in [0.3, 0.4) is 0 Å². The number of anilines is 1. The predicted octanol–water partition coefficient (Wildman–Crippen LogP) is 2.91. The Morgan fingerprint density at radius 1 is 1.48 bits per heavy atom. The van der Waals surface area contributed by atoms with Gasteiger partial charge >= 0.3 is 0 Å². The third-order valence-corrected chi connectivity index (χ3v) is 4.04. The topological polar surface area (TPSA) is 51.5 Å². The minimum Gasteiger partial charge on any atom is -0.381 e. The molecule has 21 heavy (non-hydrogen) atoms. The van der Waals surface area contributed by atoms with Crippen molar-refractivity contribution in [3.05, 3.63) is 24.0 Å². The van der Waals surface area contributed by atoms with Gasteiger partial charge in [0.2, 0.25) is 0 Å². The van der Waals surface area contributed by atoms with Crippen molar-refractivity contribution in [1.29, 1.82) is 0 Å². The molecule has 1 aliphatic rings. The number of hydrogen-bond acceptors (Lipinski definition) is 4. The maximum atomic E-state index is 5.42. The number of nitrogens with one attached hydrogen (secondary N) is 1. The van der Waals surface area contributed by atoms with Crippen LogP contribution in [0.2, 0.25) is 0 Å². The largest absolute Gasteiger partial charge is 0.381 e. The summed E-state index contributed by atoms with van der Waals surface area (Å²) in [4.78, 5) is 4.62. The van der Waals surface area contributed by atoms with Crippen molar-refractivity contribution in [2.24, 2.45) is 5.92 Å². The van der Waals surface area contributed by atoms with Gasteiger partial charge in [0, 0.05) is 37.6 Å². The molecule has 0 aromatic carbocycles. The molecule has 0 bridgehead atoms. The van der Waals surface area contributed by atoms with E-state index in [-0.39, 0.29) is 0 Å². The first-order valence-corrected chi connectivity index (χ1v) is 8.02. The third-order valence-electron chi connectivity index (χ3n) is 4.04. The van der Waals surface area contributed by atoms with Crippen molar-refractivity contribution in [3.63, 3.8) is 0 Å². The Hall–Kier alpha value is -1.62. The first kappa shape index (κ1) is 14.3. The fraction of sp³-hybridized carbons (Fsp3) is 0.625. The molecule has 5 nitrogen and oxygen atoms in total. The van der Waals surface area contributed by atoms with Gasteiger partial charge in [-0.05, 0) is 31.6 Å². The van der Waals surface area contributed by atoms with Crippen molar-refractivity contribution in [1.82, 2.24) is 14.6 Å². The molecule has 1 saturated heterocycles. The molecular weight excluding hydrogens is 264 g/mol. The molecule has 3 heterocycles. The third kappa shape index (κ3) is 3.53. The van der Waals surface area contributed by atoms with Gasteiger partial charge in [-0.3, -0.25) is 0 Å². The van der Waals surface area contributed by atoms with E-state index in [1.54, 1.807) is 6.20 Å². The van der Waals surface area contributed by atoms with Crippen molar-refractivity contribution in [2.45, 2.75) is 39.0 Å². The second-order valence-corrected chi connectivity index (χ2v) is 5.78. The van der Waals surface area contributed by atoms with Crippen molar-refractivity contribution in [3.8, 4) is 0 Å². The van der Waals surface area contributed by atoms with Crippen LogP contribution in [0.25, 0.3) is 5.65 Å². The minimum atomic E-state index is 0.754. The first-order chi connectivity index (χ1) is 10.4. The van der Waals surface area contributed by atoms with Crippen LogP contribution in [0.4, 0.5) is 5.82 Å². The zero-order valence-electron chi connectivity index (χ0n) is 12.7. The van der Waals surface area contributed by atoms with E-state index in [1.807, 2.05) is 10.6 Å². The van der Waals surface area contributed by atoms with Gasteiger partial charge in [-0.2, -0.15) is 9.61 Å². The lowest BCUT2D eigenvalue weighted by molar-refractivity contribution is 0.184. The Morgan fingerprint density at radius 2 is 2.43 bits per heavy atom. The van der Waals surface area contributed by atoms with Crippen LogP contribution < -0.4 is 5.32 Å². The summed E-state index contributed by atoms with van der Waals surface area (Å²) in [7, 11) is 0. The van der Waals surface area contributed by atoms with E-state index < -0.39 is 0 Å². The first-order valence-electron chi connectivity index (χ1n) is 8.02. The molecule has 0 aliphatic carbocycles. The molecule has 0 amide bonds. The van der Waals surface area contributed by atoms with E-state index in [2.05, 4.69) is 28.4 Å². The molecule has 0 saturated carbocycles. The monoisotopic (exact) mass is 288 g/mol. The number of nitrogens with zero attached hydrogens (tertiary/aromatic N) is 3. The van der Waals surface area contributed by atoms with E-state index in [1.165, 1.54) is 19.3 Å². The summed E-state index contributed by atoms with van der Waals surface area (Å²) in [5, 5.41) is 7.86. The Kier molecular flexibility index (Phi) is 4.70. The maximum absolute atomic E-state index is 5.42. The van der Waals surface area contributed by atoms with E-state index >= 15 is 0 Å². The number of rotatable bonds is 7. The van der Waals surface area contributed by atoms with Crippen LogP contribution in [-0.4, -0.2) is 34.4 Å². The average Bonchev–Trinajstić information content (AvgIpc) is 3.14. The lowest BCUT2D eigenvalue weighted by Crippen LogP contribution is -2.10. The normalized spacial score (nSPS) is 18.4. The molecule has 1 aliphatic heterocycles. The lowest BCUT2D eigenvalue weighted by atomic mass is 10.0. The summed E-state index contributed by atoms with van der Waals surface area (Å²) >= 11 is 0. The van der Waals surface area contributed by atoms with E-state index in [0.717, 1.165) is 55.7 Å². The highest BCUT2D eigenvalue weighted by Gasteiger charge is 2.14. The highest BCUT2D eigenvalue weighted by atomic mass is 16.5. The van der Waals surface area contributed by atoms with Crippen molar-refractivity contribution >= 4 is 11.5 Å². The molecule has 1 N–H and O–H groups in total. The molecular formula is C16H24N4O. The zero-order valence-corrected chi connectivity index (χ0v) is 12.7. The highest BCUT2D eigenvalue weighted by molar-refractivity contribution is 5.49.